The number of fused-ring (bicyclic) bond motifs is 2. The summed E-state index contributed by atoms with van der Waals surface area (Å²) in [5.41, 5.74) is 9.96. The quantitative estimate of drug-likeness (QED) is 0.211. The predicted octanol–water partition coefficient (Wildman–Crippen LogP) is 6.16. The van der Waals surface area contributed by atoms with Crippen LogP contribution in [-0.2, 0) is 4.79 Å². The molecule has 3 aromatic carbocycles. The molecule has 0 aliphatic carbocycles. The lowest BCUT2D eigenvalue weighted by Gasteiger charge is -2.48. The molecule has 2 aliphatic rings. The molecular weight excluding hydrogens is 694 g/mol. The number of hydrogen-bond donors (Lipinski definition) is 1. The third-order valence-electron chi connectivity index (χ3n) is 9.47. The van der Waals surface area contributed by atoms with Gasteiger partial charge in [-0.15, -0.1) is 0 Å². The number of amides is 2. The molecule has 0 spiro atoms. The second-order valence-electron chi connectivity index (χ2n) is 12.0. The average molecular weight is 729 g/mol. The first kappa shape index (κ1) is 30.3. The van der Waals surface area contributed by atoms with Gasteiger partial charge in [0.25, 0.3) is 5.91 Å². The van der Waals surface area contributed by atoms with Gasteiger partial charge in [-0.05, 0) is 84.7 Å². The molecule has 8 nitrogen and oxygen atoms in total. The number of piperidine rings is 2. The largest absolute Gasteiger partial charge is 0.371 e. The van der Waals surface area contributed by atoms with Crippen LogP contribution in [0.2, 0.25) is 0 Å². The van der Waals surface area contributed by atoms with Gasteiger partial charge in [-0.25, -0.2) is 4.39 Å². The summed E-state index contributed by atoms with van der Waals surface area (Å²) in [6.07, 6.45) is 5.99. The fourth-order valence-electron chi connectivity index (χ4n) is 7.29. The minimum absolute atomic E-state index is 0.0869. The van der Waals surface area contributed by atoms with Crippen molar-refractivity contribution in [2.75, 3.05) is 29.4 Å². The van der Waals surface area contributed by atoms with Crippen LogP contribution in [0.25, 0.3) is 21.8 Å². The van der Waals surface area contributed by atoms with Gasteiger partial charge in [-0.3, -0.25) is 19.6 Å². The Balaban J connectivity index is 1.20. The predicted molar refractivity (Wildman–Crippen MR) is 187 cm³/mol. The number of rotatable bonds is 6. The third-order valence-corrected chi connectivity index (χ3v) is 10.4. The molecule has 2 saturated heterocycles. The van der Waals surface area contributed by atoms with Crippen LogP contribution in [0.5, 0.6) is 0 Å². The van der Waals surface area contributed by atoms with E-state index < -0.39 is 17.8 Å². The summed E-state index contributed by atoms with van der Waals surface area (Å²) in [5.74, 6) is -1.31. The van der Waals surface area contributed by atoms with E-state index in [-0.39, 0.29) is 23.6 Å². The van der Waals surface area contributed by atoms with Crippen molar-refractivity contribution < 1.29 is 14.0 Å². The molecule has 7 rings (SSSR count). The van der Waals surface area contributed by atoms with Crippen LogP contribution < -0.4 is 15.5 Å². The van der Waals surface area contributed by atoms with E-state index in [0.29, 0.717) is 35.8 Å². The molecule has 234 valence electrons. The SMILES string of the molecule is NC(=O)C1CC(N(C(=O)c2c(F)cccc2I)C2CCN(c3ccnc4ccccc34)CC2)CCN1c1ccnc2ccccc12. The zero-order valence-corrected chi connectivity index (χ0v) is 27.4. The second-order valence-corrected chi connectivity index (χ2v) is 13.2. The van der Waals surface area contributed by atoms with Gasteiger partial charge in [0.2, 0.25) is 5.91 Å². The monoisotopic (exact) mass is 728 g/mol. The van der Waals surface area contributed by atoms with Gasteiger partial charge < -0.3 is 20.4 Å². The van der Waals surface area contributed by atoms with Crippen LogP contribution in [-0.4, -0.2) is 64.4 Å². The highest BCUT2D eigenvalue weighted by atomic mass is 127. The maximum Gasteiger partial charge on any atom is 0.258 e. The van der Waals surface area contributed by atoms with Crippen molar-refractivity contribution in [2.24, 2.45) is 5.73 Å². The molecule has 2 aromatic heterocycles. The average Bonchev–Trinajstić information content (AvgIpc) is 3.08. The normalized spacial score (nSPS) is 19.0. The van der Waals surface area contributed by atoms with Crippen molar-refractivity contribution in [3.05, 3.63) is 106 Å². The van der Waals surface area contributed by atoms with Crippen LogP contribution in [0.15, 0.2) is 91.3 Å². The highest BCUT2D eigenvalue weighted by molar-refractivity contribution is 14.1. The van der Waals surface area contributed by atoms with Gasteiger partial charge in [0.05, 0.1) is 16.6 Å². The van der Waals surface area contributed by atoms with E-state index in [4.69, 9.17) is 5.73 Å². The third kappa shape index (κ3) is 5.63. The molecule has 0 saturated carbocycles. The smallest absolute Gasteiger partial charge is 0.258 e. The maximum absolute atomic E-state index is 15.3. The van der Waals surface area contributed by atoms with E-state index in [0.717, 1.165) is 46.3 Å². The number of nitrogens with zero attached hydrogens (tertiary/aromatic N) is 5. The van der Waals surface area contributed by atoms with Gasteiger partial charge >= 0.3 is 0 Å². The van der Waals surface area contributed by atoms with Crippen LogP contribution in [0, 0.1) is 9.39 Å². The Kier molecular flexibility index (Phi) is 8.46. The first-order valence-electron chi connectivity index (χ1n) is 15.7. The van der Waals surface area contributed by atoms with Crippen molar-refractivity contribution in [2.45, 2.75) is 43.8 Å². The standard InChI is InChI=1S/C36H34FIN6O2/c37-27-8-5-9-28(38)34(27)36(46)44(23-14-19-42(20-15-23)31-12-17-40-29-10-3-1-6-25(29)31)24-16-21-43(33(22-24)35(39)45)32-13-18-41-30-11-4-2-7-26(30)32/h1-13,17-18,23-24,33H,14-16,19-22H2,(H2,39,45). The first-order valence-corrected chi connectivity index (χ1v) is 16.7. The van der Waals surface area contributed by atoms with Gasteiger partial charge in [0, 0.05) is 69.8 Å². The van der Waals surface area contributed by atoms with E-state index in [2.05, 4.69) is 25.8 Å². The number of benzene rings is 3. The summed E-state index contributed by atoms with van der Waals surface area (Å²) in [6, 6.07) is 23.6. The number of hydrogen-bond acceptors (Lipinski definition) is 6. The number of pyridine rings is 2. The zero-order chi connectivity index (χ0) is 31.8. The van der Waals surface area contributed by atoms with E-state index in [9.17, 15) is 9.59 Å². The molecule has 0 radical (unpaired) electrons. The Labute approximate surface area is 280 Å². The van der Waals surface area contributed by atoms with E-state index in [1.54, 1.807) is 18.3 Å². The summed E-state index contributed by atoms with van der Waals surface area (Å²) in [7, 11) is 0. The van der Waals surface area contributed by atoms with Crippen LogP contribution in [0.4, 0.5) is 15.8 Å². The Morgan fingerprint density at radius 1 is 0.783 bits per heavy atom. The molecule has 0 bridgehead atoms. The zero-order valence-electron chi connectivity index (χ0n) is 25.2. The van der Waals surface area contributed by atoms with Crippen molar-refractivity contribution in [3.8, 4) is 0 Å². The highest BCUT2D eigenvalue weighted by Gasteiger charge is 2.41. The van der Waals surface area contributed by atoms with Crippen LogP contribution in [0.1, 0.15) is 36.0 Å². The lowest BCUT2D eigenvalue weighted by molar-refractivity contribution is -0.120. The summed E-state index contributed by atoms with van der Waals surface area (Å²) < 4.78 is 15.9. The number of para-hydroxylation sites is 2. The molecule has 2 N–H and O–H groups in total. The number of anilines is 2. The molecule has 10 heteroatoms. The van der Waals surface area contributed by atoms with Gasteiger partial charge in [0.1, 0.15) is 11.9 Å². The van der Waals surface area contributed by atoms with Gasteiger partial charge in [-0.1, -0.05) is 42.5 Å². The van der Waals surface area contributed by atoms with E-state index in [1.807, 2.05) is 88.3 Å². The summed E-state index contributed by atoms with van der Waals surface area (Å²) in [6.45, 7) is 1.99. The lowest BCUT2D eigenvalue weighted by Crippen LogP contribution is -2.59. The molecule has 2 fully saturated rings. The summed E-state index contributed by atoms with van der Waals surface area (Å²) in [5, 5.41) is 2.04. The Hall–Kier alpha value is -4.32. The molecule has 2 unspecified atom stereocenters. The van der Waals surface area contributed by atoms with Crippen LogP contribution in [0.3, 0.4) is 0 Å². The van der Waals surface area contributed by atoms with E-state index in [1.165, 1.54) is 6.07 Å². The second kappa shape index (κ2) is 12.8. The Morgan fingerprint density at radius 3 is 2.04 bits per heavy atom. The number of primary amides is 1. The first-order chi connectivity index (χ1) is 22.4. The molecule has 4 heterocycles. The number of aromatic nitrogens is 2. The van der Waals surface area contributed by atoms with E-state index >= 15 is 4.39 Å². The maximum atomic E-state index is 15.3. The molecule has 46 heavy (non-hydrogen) atoms. The molecule has 2 atom stereocenters. The molecule has 5 aromatic rings. The summed E-state index contributed by atoms with van der Waals surface area (Å²) >= 11 is 2.04. The number of nitrogens with two attached hydrogens (primary N) is 1. The molecule has 2 amide bonds. The fourth-order valence-corrected chi connectivity index (χ4v) is 7.99. The Bertz CT molecular complexity index is 1900. The molecular formula is C36H34FIN6O2. The summed E-state index contributed by atoms with van der Waals surface area (Å²) in [4.78, 5) is 42.8. The Morgan fingerprint density at radius 2 is 1.39 bits per heavy atom. The minimum atomic E-state index is -0.636. The fraction of sp³-hybridized carbons (Fsp3) is 0.278. The highest BCUT2D eigenvalue weighted by Crippen LogP contribution is 2.36. The molecule has 2 aliphatic heterocycles. The van der Waals surface area contributed by atoms with Crippen molar-refractivity contribution in [1.29, 1.82) is 0 Å². The van der Waals surface area contributed by atoms with Crippen molar-refractivity contribution >= 4 is 67.6 Å². The number of carbonyl (C=O) groups excluding carboxylic acids is 2. The lowest BCUT2D eigenvalue weighted by atomic mass is 9.90. The van der Waals surface area contributed by atoms with Crippen LogP contribution >= 0.6 is 22.6 Å². The van der Waals surface area contributed by atoms with Crippen molar-refractivity contribution in [3.63, 3.8) is 0 Å². The van der Waals surface area contributed by atoms with Gasteiger partial charge in [0.15, 0.2) is 0 Å². The van der Waals surface area contributed by atoms with Gasteiger partial charge in [-0.2, -0.15) is 0 Å². The van der Waals surface area contributed by atoms with Crippen molar-refractivity contribution in [1.82, 2.24) is 14.9 Å². The number of carbonyl (C=O) groups is 2. The topological polar surface area (TPSA) is 95.7 Å². The number of halogens is 2. The minimum Gasteiger partial charge on any atom is -0.371 e.